The Morgan fingerprint density at radius 3 is 2.65 bits per heavy atom. The molecule has 7 nitrogen and oxygen atoms in total. The molecule has 0 atom stereocenters. The summed E-state index contributed by atoms with van der Waals surface area (Å²) >= 11 is 0. The van der Waals surface area contributed by atoms with Crippen LogP contribution in [-0.4, -0.2) is 29.5 Å². The van der Waals surface area contributed by atoms with E-state index in [9.17, 15) is 4.79 Å². The van der Waals surface area contributed by atoms with Crippen molar-refractivity contribution in [2.75, 3.05) is 13.7 Å². The van der Waals surface area contributed by atoms with E-state index in [1.54, 1.807) is 7.11 Å². The molecule has 0 spiro atoms. The number of nitrogens with two attached hydrogens (primary N) is 1. The second kappa shape index (κ2) is 9.72. The van der Waals surface area contributed by atoms with Gasteiger partial charge in [-0.3, -0.25) is 4.79 Å². The van der Waals surface area contributed by atoms with Gasteiger partial charge in [0.25, 0.3) is 5.91 Å². The lowest BCUT2D eigenvalue weighted by molar-refractivity contribution is 0.0995. The average molecular weight is 358 g/mol. The monoisotopic (exact) mass is 358 g/mol. The van der Waals surface area contributed by atoms with E-state index >= 15 is 0 Å². The van der Waals surface area contributed by atoms with E-state index in [0.717, 1.165) is 31.0 Å². The Balaban J connectivity index is 1.96. The predicted molar refractivity (Wildman–Crippen MR) is 99.4 cm³/mol. The molecule has 2 aromatic rings. The Morgan fingerprint density at radius 1 is 1.23 bits per heavy atom. The molecular formula is C19H26N4O3. The van der Waals surface area contributed by atoms with E-state index in [2.05, 4.69) is 29.1 Å². The summed E-state index contributed by atoms with van der Waals surface area (Å²) < 4.78 is 11.1. The van der Waals surface area contributed by atoms with Gasteiger partial charge in [-0.05, 0) is 43.0 Å². The molecular weight excluding hydrogens is 332 g/mol. The molecule has 1 amide bonds. The van der Waals surface area contributed by atoms with Crippen molar-refractivity contribution in [2.45, 2.75) is 33.2 Å². The number of nitrogens with one attached hydrogen (secondary N) is 1. The fourth-order valence-corrected chi connectivity index (χ4v) is 2.38. The van der Waals surface area contributed by atoms with Gasteiger partial charge >= 0.3 is 0 Å². The number of rotatable bonds is 10. The van der Waals surface area contributed by atoms with Crippen LogP contribution in [0.3, 0.4) is 0 Å². The maximum atomic E-state index is 11.0. The number of ether oxygens (including phenoxy) is 2. The Kier molecular flexibility index (Phi) is 7.35. The van der Waals surface area contributed by atoms with Gasteiger partial charge in [-0.15, -0.1) is 0 Å². The van der Waals surface area contributed by atoms with Crippen LogP contribution in [0.1, 0.15) is 42.7 Å². The fraction of sp³-hybridized carbons (Fsp3) is 0.421. The molecule has 1 heterocycles. The molecule has 26 heavy (non-hydrogen) atoms. The quantitative estimate of drug-likeness (QED) is 0.634. The molecule has 3 N–H and O–H groups in total. The number of methoxy groups -OCH3 is 1. The van der Waals surface area contributed by atoms with Crippen LogP contribution in [0.25, 0.3) is 0 Å². The molecule has 0 aliphatic rings. The maximum absolute atomic E-state index is 11.0. The van der Waals surface area contributed by atoms with Gasteiger partial charge in [0.15, 0.2) is 11.5 Å². The highest BCUT2D eigenvalue weighted by Crippen LogP contribution is 2.31. The second-order valence-electron chi connectivity index (χ2n) is 6.40. The molecule has 1 aromatic heterocycles. The fourth-order valence-electron chi connectivity index (χ4n) is 2.38. The van der Waals surface area contributed by atoms with Crippen LogP contribution in [-0.2, 0) is 6.54 Å². The molecule has 0 unspecified atom stereocenters. The first-order valence-electron chi connectivity index (χ1n) is 8.67. The van der Waals surface area contributed by atoms with Gasteiger partial charge in [0, 0.05) is 6.54 Å². The van der Waals surface area contributed by atoms with Gasteiger partial charge in [0.2, 0.25) is 5.88 Å². The van der Waals surface area contributed by atoms with Crippen LogP contribution in [0.4, 0.5) is 0 Å². The average Bonchev–Trinajstić information content (AvgIpc) is 2.62. The number of amides is 1. The summed E-state index contributed by atoms with van der Waals surface area (Å²) in [5.41, 5.74) is 6.34. The van der Waals surface area contributed by atoms with Crippen molar-refractivity contribution in [3.05, 3.63) is 41.9 Å². The molecule has 0 saturated carbocycles. The van der Waals surface area contributed by atoms with Crippen molar-refractivity contribution in [3.8, 4) is 17.4 Å². The number of hydrogen-bond donors (Lipinski definition) is 2. The topological polar surface area (TPSA) is 99.4 Å². The van der Waals surface area contributed by atoms with Gasteiger partial charge < -0.3 is 20.5 Å². The molecule has 1 aromatic carbocycles. The number of benzene rings is 1. The van der Waals surface area contributed by atoms with E-state index in [1.807, 2.05) is 18.2 Å². The lowest BCUT2D eigenvalue weighted by Crippen LogP contribution is -2.15. The zero-order valence-electron chi connectivity index (χ0n) is 15.5. The number of hydrogen-bond acceptors (Lipinski definition) is 6. The molecule has 0 fully saturated rings. The summed E-state index contributed by atoms with van der Waals surface area (Å²) in [6.07, 6.45) is 5.01. The van der Waals surface area contributed by atoms with E-state index in [4.69, 9.17) is 15.2 Å². The molecule has 140 valence electrons. The van der Waals surface area contributed by atoms with Gasteiger partial charge in [-0.25, -0.2) is 9.97 Å². The summed E-state index contributed by atoms with van der Waals surface area (Å²) in [5.74, 6) is 1.48. The molecule has 0 bridgehead atoms. The summed E-state index contributed by atoms with van der Waals surface area (Å²) in [6, 6.07) is 5.72. The Labute approximate surface area is 153 Å². The zero-order valence-corrected chi connectivity index (χ0v) is 15.5. The molecule has 7 heteroatoms. The Hall–Kier alpha value is -2.67. The largest absolute Gasteiger partial charge is 0.493 e. The summed E-state index contributed by atoms with van der Waals surface area (Å²) in [4.78, 5) is 19.0. The number of primary amides is 1. The van der Waals surface area contributed by atoms with Gasteiger partial charge in [-0.2, -0.15) is 0 Å². The lowest BCUT2D eigenvalue weighted by atomic mass is 10.1. The van der Waals surface area contributed by atoms with Gasteiger partial charge in [0.05, 0.1) is 19.5 Å². The number of aromatic nitrogens is 2. The minimum Gasteiger partial charge on any atom is -0.493 e. The summed E-state index contributed by atoms with van der Waals surface area (Å²) in [5, 5.41) is 3.43. The van der Waals surface area contributed by atoms with E-state index in [0.29, 0.717) is 11.5 Å². The molecule has 0 aliphatic heterocycles. The van der Waals surface area contributed by atoms with Crippen molar-refractivity contribution < 1.29 is 14.3 Å². The van der Waals surface area contributed by atoms with Crippen LogP contribution in [0, 0.1) is 5.92 Å². The third-order valence-electron chi connectivity index (χ3n) is 3.79. The summed E-state index contributed by atoms with van der Waals surface area (Å²) in [7, 11) is 1.59. The van der Waals surface area contributed by atoms with Crippen LogP contribution in [0.15, 0.2) is 30.6 Å². The van der Waals surface area contributed by atoms with Crippen LogP contribution < -0.4 is 20.5 Å². The van der Waals surface area contributed by atoms with Crippen LogP contribution >= 0.6 is 0 Å². The summed E-state index contributed by atoms with van der Waals surface area (Å²) in [6.45, 7) is 6.22. The number of carbonyl (C=O) groups excluding carboxylic acids is 1. The first-order valence-corrected chi connectivity index (χ1v) is 8.67. The smallest absolute Gasteiger partial charge is 0.268 e. The minimum absolute atomic E-state index is 0.0863. The molecule has 0 radical (unpaired) electrons. The first-order chi connectivity index (χ1) is 12.5. The standard InChI is InChI=1S/C19H26N4O3/c1-13(2)5-4-8-21-10-14-6-7-16(17(9-14)25-3)26-18-12-22-15(11-23-18)19(20)24/h6-7,9,11-13,21H,4-5,8,10H2,1-3H3,(H2,20,24). The SMILES string of the molecule is COc1cc(CNCCCC(C)C)ccc1Oc1cnc(C(N)=O)cn1. The highest BCUT2D eigenvalue weighted by atomic mass is 16.5. The second-order valence-corrected chi connectivity index (χ2v) is 6.40. The lowest BCUT2D eigenvalue weighted by Gasteiger charge is -2.12. The van der Waals surface area contributed by atoms with Gasteiger partial charge in [0.1, 0.15) is 5.69 Å². The maximum Gasteiger partial charge on any atom is 0.268 e. The Bertz CT molecular complexity index is 717. The van der Waals surface area contributed by atoms with Crippen molar-refractivity contribution in [1.82, 2.24) is 15.3 Å². The van der Waals surface area contributed by atoms with E-state index in [-0.39, 0.29) is 11.6 Å². The van der Waals surface area contributed by atoms with Crippen molar-refractivity contribution >= 4 is 5.91 Å². The zero-order chi connectivity index (χ0) is 18.9. The van der Waals surface area contributed by atoms with Crippen molar-refractivity contribution in [2.24, 2.45) is 11.7 Å². The third kappa shape index (κ3) is 6.00. The number of nitrogens with zero attached hydrogens (tertiary/aromatic N) is 2. The third-order valence-corrected chi connectivity index (χ3v) is 3.79. The van der Waals surface area contributed by atoms with Gasteiger partial charge in [-0.1, -0.05) is 19.9 Å². The van der Waals surface area contributed by atoms with E-state index < -0.39 is 5.91 Å². The van der Waals surface area contributed by atoms with Crippen molar-refractivity contribution in [3.63, 3.8) is 0 Å². The highest BCUT2D eigenvalue weighted by Gasteiger charge is 2.09. The molecule has 0 saturated heterocycles. The highest BCUT2D eigenvalue weighted by molar-refractivity contribution is 5.90. The number of carbonyl (C=O) groups is 1. The molecule has 0 aliphatic carbocycles. The normalized spacial score (nSPS) is 10.8. The van der Waals surface area contributed by atoms with Crippen LogP contribution in [0.5, 0.6) is 17.4 Å². The Morgan fingerprint density at radius 2 is 2.04 bits per heavy atom. The predicted octanol–water partition coefficient (Wildman–Crippen LogP) is 2.90. The molecule has 2 rings (SSSR count). The van der Waals surface area contributed by atoms with Crippen molar-refractivity contribution in [1.29, 1.82) is 0 Å². The van der Waals surface area contributed by atoms with Crippen LogP contribution in [0.2, 0.25) is 0 Å². The first kappa shape index (κ1) is 19.7. The minimum atomic E-state index is -0.633. The van der Waals surface area contributed by atoms with E-state index in [1.165, 1.54) is 18.8 Å².